The van der Waals surface area contributed by atoms with E-state index in [0.29, 0.717) is 0 Å². The summed E-state index contributed by atoms with van der Waals surface area (Å²) in [5.41, 5.74) is 0. The van der Waals surface area contributed by atoms with Gasteiger partial charge in [0.2, 0.25) is 5.79 Å². The maximum absolute atomic E-state index is 11.3. The van der Waals surface area contributed by atoms with Crippen molar-refractivity contribution < 1.29 is 36.3 Å². The predicted octanol–water partition coefficient (Wildman–Crippen LogP) is 0.361. The lowest BCUT2D eigenvalue weighted by atomic mass is 9.98. The molecule has 3 aliphatic rings. The second kappa shape index (κ2) is 4.85. The molecule has 0 aromatic carbocycles. The van der Waals surface area contributed by atoms with Crippen molar-refractivity contribution in [3.05, 3.63) is 0 Å². The van der Waals surface area contributed by atoms with Crippen molar-refractivity contribution in [2.45, 2.75) is 63.4 Å². The van der Waals surface area contributed by atoms with Gasteiger partial charge in [-0.25, -0.2) is 0 Å². The maximum atomic E-state index is 11.3. The Morgan fingerprint density at radius 1 is 1.09 bits per heavy atom. The Morgan fingerprint density at radius 3 is 2.41 bits per heavy atom. The molecule has 0 aromatic heterocycles. The second-order valence-corrected chi connectivity index (χ2v) is 8.41. The first-order valence-electron chi connectivity index (χ1n) is 7.13. The van der Waals surface area contributed by atoms with E-state index in [-0.39, 0.29) is 19.3 Å². The van der Waals surface area contributed by atoms with Gasteiger partial charge in [0, 0.05) is 0 Å². The molecule has 3 heterocycles. The van der Waals surface area contributed by atoms with Crippen LogP contribution in [0.1, 0.15) is 27.7 Å². The van der Waals surface area contributed by atoms with Gasteiger partial charge in [0.1, 0.15) is 24.9 Å². The van der Waals surface area contributed by atoms with Gasteiger partial charge in [-0.3, -0.25) is 4.18 Å². The van der Waals surface area contributed by atoms with E-state index < -0.39 is 39.7 Å². The van der Waals surface area contributed by atoms with Gasteiger partial charge < -0.3 is 23.7 Å². The highest BCUT2D eigenvalue weighted by molar-refractivity contribution is 7.85. The van der Waals surface area contributed by atoms with Crippen LogP contribution in [0.25, 0.3) is 0 Å². The van der Waals surface area contributed by atoms with Crippen LogP contribution in [0.15, 0.2) is 0 Å². The highest BCUT2D eigenvalue weighted by Gasteiger charge is 2.65. The fraction of sp³-hybridized carbons (Fsp3) is 1.00. The van der Waals surface area contributed by atoms with Crippen LogP contribution < -0.4 is 0 Å². The standard InChI is InChI=1S/C13H22O8S/c1-11(2)18-8-6-16-13(7-17-22(5,14)15)10(9(8)19-11)20-12(3,4)21-13/h8-10H,6-7H2,1-5H3/t8?,9?,10-,13-/m0/s1. The molecule has 3 rings (SSSR count). The molecule has 0 saturated carbocycles. The predicted molar refractivity (Wildman–Crippen MR) is 73.3 cm³/mol. The Kier molecular flexibility index (Phi) is 3.65. The molecular weight excluding hydrogens is 316 g/mol. The second-order valence-electron chi connectivity index (χ2n) is 6.77. The van der Waals surface area contributed by atoms with E-state index in [1.165, 1.54) is 0 Å². The normalized spacial score (nSPS) is 42.9. The van der Waals surface area contributed by atoms with E-state index in [0.717, 1.165) is 6.26 Å². The number of ether oxygens (including phenoxy) is 5. The summed E-state index contributed by atoms with van der Waals surface area (Å²) in [5, 5.41) is 0. The SMILES string of the molecule is CC1(C)OC2CO[C@@]3(COS(C)(=O)=O)OC(C)(C)O[C@H]3C2O1. The molecule has 8 nitrogen and oxygen atoms in total. The first-order chi connectivity index (χ1) is 9.92. The number of hydrogen-bond acceptors (Lipinski definition) is 8. The van der Waals surface area contributed by atoms with Crippen LogP contribution in [0.5, 0.6) is 0 Å². The Hall–Kier alpha value is -0.290. The smallest absolute Gasteiger partial charge is 0.264 e. The molecule has 4 atom stereocenters. The van der Waals surface area contributed by atoms with Gasteiger partial charge in [-0.1, -0.05) is 0 Å². The topological polar surface area (TPSA) is 89.5 Å². The van der Waals surface area contributed by atoms with Crippen molar-refractivity contribution >= 4 is 10.1 Å². The third-order valence-corrected chi connectivity index (χ3v) is 4.29. The molecule has 0 aliphatic carbocycles. The summed E-state index contributed by atoms with van der Waals surface area (Å²) in [5.74, 6) is -3.05. The third kappa shape index (κ3) is 3.03. The van der Waals surface area contributed by atoms with Crippen LogP contribution in [-0.2, 0) is 38.0 Å². The molecule has 3 fully saturated rings. The molecule has 9 heteroatoms. The molecule has 3 saturated heterocycles. The minimum atomic E-state index is -3.64. The zero-order valence-electron chi connectivity index (χ0n) is 13.3. The highest BCUT2D eigenvalue weighted by atomic mass is 32.2. The van der Waals surface area contributed by atoms with Crippen molar-refractivity contribution in [2.75, 3.05) is 19.5 Å². The Morgan fingerprint density at radius 2 is 1.77 bits per heavy atom. The van der Waals surface area contributed by atoms with Crippen molar-refractivity contribution in [3.8, 4) is 0 Å². The van der Waals surface area contributed by atoms with E-state index in [2.05, 4.69) is 0 Å². The van der Waals surface area contributed by atoms with E-state index in [1.807, 2.05) is 0 Å². The number of fused-ring (bicyclic) bond motifs is 3. The largest absolute Gasteiger partial charge is 0.343 e. The molecule has 2 unspecified atom stereocenters. The Balaban J connectivity index is 1.87. The molecule has 0 spiro atoms. The quantitative estimate of drug-likeness (QED) is 0.682. The Labute approximate surface area is 130 Å². The van der Waals surface area contributed by atoms with Crippen LogP contribution in [0.2, 0.25) is 0 Å². The lowest BCUT2D eigenvalue weighted by Gasteiger charge is -2.40. The molecule has 0 aromatic rings. The highest BCUT2D eigenvalue weighted by Crippen LogP contribution is 2.47. The zero-order chi connectivity index (χ0) is 16.4. The van der Waals surface area contributed by atoms with Gasteiger partial charge >= 0.3 is 0 Å². The summed E-state index contributed by atoms with van der Waals surface area (Å²) in [6, 6.07) is 0. The summed E-state index contributed by atoms with van der Waals surface area (Å²) >= 11 is 0. The molecule has 128 valence electrons. The third-order valence-electron chi connectivity index (χ3n) is 3.75. The van der Waals surface area contributed by atoms with Gasteiger partial charge in [-0.15, -0.1) is 0 Å². The molecule has 0 radical (unpaired) electrons. The maximum Gasteiger partial charge on any atom is 0.264 e. The summed E-state index contributed by atoms with van der Waals surface area (Å²) in [7, 11) is -3.64. The molecule has 0 N–H and O–H groups in total. The first-order valence-corrected chi connectivity index (χ1v) is 8.95. The lowest BCUT2D eigenvalue weighted by Crippen LogP contribution is -2.60. The van der Waals surface area contributed by atoms with E-state index in [1.54, 1.807) is 27.7 Å². The fourth-order valence-electron chi connectivity index (χ4n) is 3.14. The van der Waals surface area contributed by atoms with Gasteiger partial charge in [-0.2, -0.15) is 8.42 Å². The van der Waals surface area contributed by atoms with Crippen LogP contribution >= 0.6 is 0 Å². The summed E-state index contributed by atoms with van der Waals surface area (Å²) in [6.07, 6.45) is -0.397. The van der Waals surface area contributed by atoms with Crippen molar-refractivity contribution in [2.24, 2.45) is 0 Å². The summed E-state index contributed by atoms with van der Waals surface area (Å²) < 4.78 is 56.8. The van der Waals surface area contributed by atoms with Crippen molar-refractivity contribution in [1.29, 1.82) is 0 Å². The van der Waals surface area contributed by atoms with Crippen LogP contribution in [0, 0.1) is 0 Å². The van der Waals surface area contributed by atoms with Crippen LogP contribution in [0.3, 0.4) is 0 Å². The average molecular weight is 338 g/mol. The fourth-order valence-corrected chi connectivity index (χ4v) is 3.52. The van der Waals surface area contributed by atoms with Gasteiger partial charge in [0.05, 0.1) is 12.9 Å². The van der Waals surface area contributed by atoms with Gasteiger partial charge in [0.25, 0.3) is 10.1 Å². The van der Waals surface area contributed by atoms with Crippen LogP contribution in [0.4, 0.5) is 0 Å². The van der Waals surface area contributed by atoms with Gasteiger partial charge in [0.15, 0.2) is 11.6 Å². The number of rotatable bonds is 3. The molecule has 0 amide bonds. The number of hydrogen-bond donors (Lipinski definition) is 0. The summed E-state index contributed by atoms with van der Waals surface area (Å²) in [6.45, 7) is 6.98. The van der Waals surface area contributed by atoms with Crippen LogP contribution in [-0.4, -0.2) is 63.6 Å². The molecular formula is C13H22O8S. The van der Waals surface area contributed by atoms with E-state index >= 15 is 0 Å². The lowest BCUT2D eigenvalue weighted by molar-refractivity contribution is -0.290. The van der Waals surface area contributed by atoms with E-state index in [4.69, 9.17) is 27.9 Å². The first kappa shape index (κ1) is 16.6. The van der Waals surface area contributed by atoms with Crippen molar-refractivity contribution in [1.82, 2.24) is 0 Å². The monoisotopic (exact) mass is 338 g/mol. The van der Waals surface area contributed by atoms with E-state index in [9.17, 15) is 8.42 Å². The average Bonchev–Trinajstić information content (AvgIpc) is 2.78. The minimum Gasteiger partial charge on any atom is -0.343 e. The zero-order valence-corrected chi connectivity index (χ0v) is 14.1. The molecule has 22 heavy (non-hydrogen) atoms. The summed E-state index contributed by atoms with van der Waals surface area (Å²) in [4.78, 5) is 0. The molecule has 3 aliphatic heterocycles. The Bertz CT molecular complexity index is 556. The van der Waals surface area contributed by atoms with Crippen molar-refractivity contribution in [3.63, 3.8) is 0 Å². The van der Waals surface area contributed by atoms with Gasteiger partial charge in [-0.05, 0) is 27.7 Å². The molecule has 0 bridgehead atoms. The minimum absolute atomic E-state index is 0.206.